The third-order valence-corrected chi connectivity index (χ3v) is 5.66. The fraction of sp³-hybridized carbons (Fsp3) is 0.522. The van der Waals surface area contributed by atoms with Gasteiger partial charge in [-0.15, -0.1) is 0 Å². The minimum Gasteiger partial charge on any atom is -0.363 e. The summed E-state index contributed by atoms with van der Waals surface area (Å²) in [7, 11) is 3.95. The standard InChI is InChI=1S/C23H34N6O/c1-16(2)19-7-5-6-8-20(19)27-23(30)25-15-17-9-11-18(12-10-17)26-22-24-14-13-21(28-22)29(3)4/h5-8,13-14,16-18H,9-12,15H2,1-4H3,(H,24,26,28)(H2,25,27,30)/t17-,18+. The maximum Gasteiger partial charge on any atom is 0.319 e. The van der Waals surface area contributed by atoms with Crippen LogP contribution in [0.15, 0.2) is 36.5 Å². The number of carbonyl (C=O) groups excluding carboxylic acids is 1. The molecule has 30 heavy (non-hydrogen) atoms. The van der Waals surface area contributed by atoms with Gasteiger partial charge in [0.1, 0.15) is 5.82 Å². The second-order valence-electron chi connectivity index (χ2n) is 8.57. The smallest absolute Gasteiger partial charge is 0.319 e. The number of nitrogens with one attached hydrogen (secondary N) is 3. The lowest BCUT2D eigenvalue weighted by atomic mass is 9.86. The lowest BCUT2D eigenvalue weighted by molar-refractivity contribution is 0.246. The fourth-order valence-electron chi connectivity index (χ4n) is 3.88. The van der Waals surface area contributed by atoms with Crippen molar-refractivity contribution in [1.82, 2.24) is 15.3 Å². The average Bonchev–Trinajstić information content (AvgIpc) is 2.73. The van der Waals surface area contributed by atoms with Gasteiger partial charge in [0, 0.05) is 38.6 Å². The number of hydrogen-bond donors (Lipinski definition) is 3. The molecule has 3 N–H and O–H groups in total. The normalized spacial score (nSPS) is 18.7. The number of amides is 2. The molecule has 0 radical (unpaired) electrons. The Kier molecular flexibility index (Phi) is 7.49. The van der Waals surface area contributed by atoms with Gasteiger partial charge in [0.2, 0.25) is 5.95 Å². The molecule has 162 valence electrons. The van der Waals surface area contributed by atoms with Crippen LogP contribution in [-0.4, -0.2) is 42.7 Å². The summed E-state index contributed by atoms with van der Waals surface area (Å²) in [6, 6.07) is 10.1. The number of carbonyl (C=O) groups is 1. The van der Waals surface area contributed by atoms with Crippen molar-refractivity contribution in [2.45, 2.75) is 51.5 Å². The van der Waals surface area contributed by atoms with Gasteiger partial charge in [0.05, 0.1) is 0 Å². The van der Waals surface area contributed by atoms with Crippen molar-refractivity contribution in [2.24, 2.45) is 5.92 Å². The quantitative estimate of drug-likeness (QED) is 0.628. The zero-order chi connectivity index (χ0) is 21.5. The SMILES string of the molecule is CC(C)c1ccccc1NC(=O)NC[C@H]1CC[C@@H](Nc2nccc(N(C)C)n2)CC1. The number of anilines is 3. The summed E-state index contributed by atoms with van der Waals surface area (Å²) < 4.78 is 0. The summed E-state index contributed by atoms with van der Waals surface area (Å²) in [5, 5.41) is 9.52. The summed E-state index contributed by atoms with van der Waals surface area (Å²) in [6.07, 6.45) is 6.05. The van der Waals surface area contributed by atoms with Crippen LogP contribution in [0, 0.1) is 5.92 Å². The van der Waals surface area contributed by atoms with Crippen LogP contribution in [0.4, 0.5) is 22.2 Å². The minimum absolute atomic E-state index is 0.128. The number of para-hydroxylation sites is 1. The fourth-order valence-corrected chi connectivity index (χ4v) is 3.88. The third kappa shape index (κ3) is 6.08. The molecule has 7 nitrogen and oxygen atoms in total. The van der Waals surface area contributed by atoms with Crippen LogP contribution < -0.4 is 20.9 Å². The van der Waals surface area contributed by atoms with Crippen molar-refractivity contribution in [1.29, 1.82) is 0 Å². The van der Waals surface area contributed by atoms with Crippen LogP contribution >= 0.6 is 0 Å². The van der Waals surface area contributed by atoms with Gasteiger partial charge in [-0.2, -0.15) is 4.98 Å². The zero-order valence-electron chi connectivity index (χ0n) is 18.5. The van der Waals surface area contributed by atoms with E-state index in [1.54, 1.807) is 6.20 Å². The summed E-state index contributed by atoms with van der Waals surface area (Å²) >= 11 is 0. The maximum atomic E-state index is 12.4. The number of urea groups is 1. The molecule has 1 saturated carbocycles. The van der Waals surface area contributed by atoms with Gasteiger partial charge in [0.15, 0.2) is 0 Å². The Labute approximate surface area is 179 Å². The molecule has 0 bridgehead atoms. The maximum absolute atomic E-state index is 12.4. The Bertz CT molecular complexity index is 830. The van der Waals surface area contributed by atoms with E-state index in [1.807, 2.05) is 43.3 Å². The van der Waals surface area contributed by atoms with E-state index in [0.717, 1.165) is 42.8 Å². The second-order valence-corrected chi connectivity index (χ2v) is 8.57. The van der Waals surface area contributed by atoms with Crippen LogP contribution in [0.25, 0.3) is 0 Å². The molecule has 2 aromatic rings. The molecule has 1 aliphatic rings. The number of hydrogen-bond acceptors (Lipinski definition) is 5. The van der Waals surface area contributed by atoms with E-state index in [0.29, 0.717) is 30.4 Å². The molecule has 3 rings (SSSR count). The molecule has 1 aromatic heterocycles. The topological polar surface area (TPSA) is 82.2 Å². The molecular weight excluding hydrogens is 376 g/mol. The van der Waals surface area contributed by atoms with Gasteiger partial charge in [-0.1, -0.05) is 32.0 Å². The molecule has 2 amide bonds. The van der Waals surface area contributed by atoms with E-state index < -0.39 is 0 Å². The Morgan fingerprint density at radius 2 is 1.87 bits per heavy atom. The number of nitrogens with zero attached hydrogens (tertiary/aromatic N) is 3. The average molecular weight is 411 g/mol. The molecule has 0 atom stereocenters. The Hall–Kier alpha value is -2.83. The number of aromatic nitrogens is 2. The molecule has 0 saturated heterocycles. The van der Waals surface area contributed by atoms with E-state index in [9.17, 15) is 4.79 Å². The van der Waals surface area contributed by atoms with Crippen molar-refractivity contribution >= 4 is 23.5 Å². The van der Waals surface area contributed by atoms with E-state index in [1.165, 1.54) is 0 Å². The van der Waals surface area contributed by atoms with Crippen LogP contribution in [-0.2, 0) is 0 Å². The molecule has 0 aliphatic heterocycles. The van der Waals surface area contributed by atoms with Crippen molar-refractivity contribution in [2.75, 3.05) is 36.2 Å². The molecule has 1 fully saturated rings. The van der Waals surface area contributed by atoms with E-state index in [2.05, 4.69) is 45.8 Å². The molecule has 0 spiro atoms. The highest BCUT2D eigenvalue weighted by molar-refractivity contribution is 5.90. The minimum atomic E-state index is -0.128. The summed E-state index contributed by atoms with van der Waals surface area (Å²) in [6.45, 7) is 4.97. The van der Waals surface area contributed by atoms with Crippen LogP contribution in [0.3, 0.4) is 0 Å². The number of rotatable bonds is 7. The van der Waals surface area contributed by atoms with Crippen molar-refractivity contribution < 1.29 is 4.79 Å². The molecule has 1 heterocycles. The van der Waals surface area contributed by atoms with E-state index >= 15 is 0 Å². The first-order valence-corrected chi connectivity index (χ1v) is 10.8. The number of benzene rings is 1. The predicted octanol–water partition coefficient (Wildman–Crippen LogP) is 4.46. The Morgan fingerprint density at radius 3 is 2.57 bits per heavy atom. The highest BCUT2D eigenvalue weighted by Crippen LogP contribution is 2.26. The molecule has 1 aromatic carbocycles. The first-order chi connectivity index (χ1) is 14.4. The van der Waals surface area contributed by atoms with Crippen molar-refractivity contribution in [3.63, 3.8) is 0 Å². The molecule has 7 heteroatoms. The first-order valence-electron chi connectivity index (χ1n) is 10.8. The largest absolute Gasteiger partial charge is 0.363 e. The molecule has 1 aliphatic carbocycles. The lowest BCUT2D eigenvalue weighted by Gasteiger charge is -2.29. The highest BCUT2D eigenvalue weighted by Gasteiger charge is 2.22. The first kappa shape index (κ1) is 21.9. The van der Waals surface area contributed by atoms with Crippen LogP contribution in [0.1, 0.15) is 51.0 Å². The third-order valence-electron chi connectivity index (χ3n) is 5.66. The van der Waals surface area contributed by atoms with Crippen molar-refractivity contribution in [3.05, 3.63) is 42.1 Å². The van der Waals surface area contributed by atoms with Crippen LogP contribution in [0.2, 0.25) is 0 Å². The summed E-state index contributed by atoms with van der Waals surface area (Å²) in [5.74, 6) is 2.45. The predicted molar refractivity (Wildman–Crippen MR) is 123 cm³/mol. The van der Waals surface area contributed by atoms with Crippen molar-refractivity contribution in [3.8, 4) is 0 Å². The second kappa shape index (κ2) is 10.3. The van der Waals surface area contributed by atoms with Gasteiger partial charge in [0.25, 0.3) is 0 Å². The Balaban J connectivity index is 1.42. The lowest BCUT2D eigenvalue weighted by Crippen LogP contribution is -2.36. The molecular formula is C23H34N6O. The van der Waals surface area contributed by atoms with Gasteiger partial charge in [-0.05, 0) is 55.2 Å². The zero-order valence-corrected chi connectivity index (χ0v) is 18.5. The van der Waals surface area contributed by atoms with E-state index in [-0.39, 0.29) is 6.03 Å². The van der Waals surface area contributed by atoms with Gasteiger partial charge >= 0.3 is 6.03 Å². The van der Waals surface area contributed by atoms with Crippen LogP contribution in [0.5, 0.6) is 0 Å². The van der Waals surface area contributed by atoms with Gasteiger partial charge in [-0.25, -0.2) is 9.78 Å². The molecule has 0 unspecified atom stereocenters. The van der Waals surface area contributed by atoms with Gasteiger partial charge in [-0.3, -0.25) is 0 Å². The monoisotopic (exact) mass is 410 g/mol. The summed E-state index contributed by atoms with van der Waals surface area (Å²) in [4.78, 5) is 23.2. The summed E-state index contributed by atoms with van der Waals surface area (Å²) in [5.41, 5.74) is 2.04. The van der Waals surface area contributed by atoms with E-state index in [4.69, 9.17) is 0 Å². The van der Waals surface area contributed by atoms with Gasteiger partial charge < -0.3 is 20.9 Å². The Morgan fingerprint density at radius 1 is 1.13 bits per heavy atom. The highest BCUT2D eigenvalue weighted by atomic mass is 16.2.